The largest absolute Gasteiger partial charge is 0.395 e. The summed E-state index contributed by atoms with van der Waals surface area (Å²) in [5, 5.41) is 15.7. The minimum Gasteiger partial charge on any atom is -0.395 e. The second kappa shape index (κ2) is 6.35. The van der Waals surface area contributed by atoms with Gasteiger partial charge >= 0.3 is 0 Å². The molecular weight excluding hydrogens is 164 g/mol. The number of rotatable bonds is 7. The fourth-order valence-electron chi connectivity index (χ4n) is 1.50. The summed E-state index contributed by atoms with van der Waals surface area (Å²) in [4.78, 5) is 0. The number of aliphatic hydroxyl groups excluding tert-OH is 1. The summed E-state index contributed by atoms with van der Waals surface area (Å²) < 4.78 is 0. The van der Waals surface area contributed by atoms with E-state index in [9.17, 15) is 0 Å². The third-order valence-electron chi connectivity index (χ3n) is 2.81. The molecule has 1 fully saturated rings. The van der Waals surface area contributed by atoms with Crippen LogP contribution in [0.2, 0.25) is 0 Å². The highest BCUT2D eigenvalue weighted by Crippen LogP contribution is 2.17. The fourth-order valence-corrected chi connectivity index (χ4v) is 1.50. The van der Waals surface area contributed by atoms with Crippen LogP contribution in [-0.4, -0.2) is 36.9 Å². The lowest BCUT2D eigenvalue weighted by molar-refractivity contribution is 0.237. The summed E-state index contributed by atoms with van der Waals surface area (Å²) in [6.45, 7) is 4.34. The molecule has 0 aromatic rings. The van der Waals surface area contributed by atoms with Gasteiger partial charge in [-0.2, -0.15) is 0 Å². The molecule has 1 saturated carbocycles. The summed E-state index contributed by atoms with van der Waals surface area (Å²) in [7, 11) is 0. The lowest BCUT2D eigenvalue weighted by atomic mass is 9.93. The molecule has 0 aromatic heterocycles. The average molecular weight is 186 g/mol. The normalized spacial score (nSPS) is 19.8. The lowest BCUT2D eigenvalue weighted by Gasteiger charge is -2.27. The number of hydrogen-bond donors (Lipinski definition) is 3. The van der Waals surface area contributed by atoms with Crippen molar-refractivity contribution >= 4 is 0 Å². The van der Waals surface area contributed by atoms with Crippen LogP contribution >= 0.6 is 0 Å². The molecule has 0 amide bonds. The van der Waals surface area contributed by atoms with Gasteiger partial charge in [0, 0.05) is 25.2 Å². The zero-order chi connectivity index (χ0) is 9.52. The molecule has 1 atom stereocenters. The molecule has 0 heterocycles. The molecule has 0 aromatic carbocycles. The van der Waals surface area contributed by atoms with Gasteiger partial charge in [0.1, 0.15) is 0 Å². The Hall–Kier alpha value is -0.120. The highest BCUT2D eigenvalue weighted by atomic mass is 16.3. The van der Waals surface area contributed by atoms with Gasteiger partial charge < -0.3 is 15.7 Å². The highest BCUT2D eigenvalue weighted by molar-refractivity contribution is 4.76. The Morgan fingerprint density at radius 2 is 2.15 bits per heavy atom. The molecule has 78 valence electrons. The Morgan fingerprint density at radius 3 is 2.62 bits per heavy atom. The van der Waals surface area contributed by atoms with E-state index in [0.717, 1.165) is 25.6 Å². The van der Waals surface area contributed by atoms with Crippen molar-refractivity contribution in [2.75, 3.05) is 19.7 Å². The van der Waals surface area contributed by atoms with Crippen LogP contribution in [0.4, 0.5) is 0 Å². The van der Waals surface area contributed by atoms with Crippen LogP contribution in [0.25, 0.3) is 0 Å². The maximum Gasteiger partial charge on any atom is 0.0584 e. The maximum absolute atomic E-state index is 8.91. The molecule has 0 saturated heterocycles. The lowest BCUT2D eigenvalue weighted by Crippen LogP contribution is -2.42. The van der Waals surface area contributed by atoms with Crippen LogP contribution in [0.5, 0.6) is 0 Å². The third kappa shape index (κ3) is 4.07. The van der Waals surface area contributed by atoms with Crippen LogP contribution in [0, 0.1) is 0 Å². The molecule has 1 unspecified atom stereocenters. The van der Waals surface area contributed by atoms with Gasteiger partial charge in [-0.1, -0.05) is 13.3 Å². The first-order valence-corrected chi connectivity index (χ1v) is 5.44. The maximum atomic E-state index is 8.91. The predicted molar refractivity (Wildman–Crippen MR) is 54.8 cm³/mol. The van der Waals surface area contributed by atoms with Crippen LogP contribution in [-0.2, 0) is 0 Å². The molecule has 3 N–H and O–H groups in total. The molecule has 3 nitrogen and oxygen atoms in total. The van der Waals surface area contributed by atoms with Crippen molar-refractivity contribution < 1.29 is 5.11 Å². The monoisotopic (exact) mass is 186 g/mol. The second-order valence-electron chi connectivity index (χ2n) is 3.82. The van der Waals surface area contributed by atoms with Crippen molar-refractivity contribution in [1.29, 1.82) is 0 Å². The molecule has 0 spiro atoms. The van der Waals surface area contributed by atoms with E-state index in [1.54, 1.807) is 0 Å². The smallest absolute Gasteiger partial charge is 0.0584 e. The molecule has 3 heteroatoms. The highest BCUT2D eigenvalue weighted by Gasteiger charge is 2.15. The number of aliphatic hydroxyl groups is 1. The van der Waals surface area contributed by atoms with Crippen LogP contribution in [0.15, 0.2) is 0 Å². The summed E-state index contributed by atoms with van der Waals surface area (Å²) >= 11 is 0. The summed E-state index contributed by atoms with van der Waals surface area (Å²) in [5.41, 5.74) is 0. The molecule has 0 aliphatic heterocycles. The van der Waals surface area contributed by atoms with Gasteiger partial charge in [0.05, 0.1) is 6.61 Å². The third-order valence-corrected chi connectivity index (χ3v) is 2.81. The predicted octanol–water partition coefficient (Wildman–Crippen LogP) is 0.489. The van der Waals surface area contributed by atoms with Crippen LogP contribution < -0.4 is 10.6 Å². The van der Waals surface area contributed by atoms with Crippen molar-refractivity contribution in [1.82, 2.24) is 10.6 Å². The van der Waals surface area contributed by atoms with E-state index >= 15 is 0 Å². The second-order valence-corrected chi connectivity index (χ2v) is 3.82. The first-order valence-electron chi connectivity index (χ1n) is 5.44. The Bertz CT molecular complexity index is 122. The van der Waals surface area contributed by atoms with Gasteiger partial charge in [0.25, 0.3) is 0 Å². The molecule has 1 aliphatic carbocycles. The van der Waals surface area contributed by atoms with E-state index in [1.807, 2.05) is 0 Å². The molecule has 0 radical (unpaired) electrons. The molecule has 1 aliphatic rings. The van der Waals surface area contributed by atoms with E-state index in [0.29, 0.717) is 0 Å². The van der Waals surface area contributed by atoms with Crippen molar-refractivity contribution in [3.63, 3.8) is 0 Å². The Morgan fingerprint density at radius 1 is 1.38 bits per heavy atom. The minimum atomic E-state index is 0.250. The Balaban J connectivity index is 1.87. The van der Waals surface area contributed by atoms with E-state index < -0.39 is 0 Å². The van der Waals surface area contributed by atoms with Gasteiger partial charge in [-0.3, -0.25) is 0 Å². The average Bonchev–Trinajstić information content (AvgIpc) is 2.08. The molecule has 0 bridgehead atoms. The molecule has 1 rings (SSSR count). The zero-order valence-electron chi connectivity index (χ0n) is 8.55. The van der Waals surface area contributed by atoms with E-state index in [4.69, 9.17) is 5.11 Å². The molecule has 13 heavy (non-hydrogen) atoms. The first-order chi connectivity index (χ1) is 6.36. The van der Waals surface area contributed by atoms with E-state index in [-0.39, 0.29) is 12.6 Å². The van der Waals surface area contributed by atoms with Crippen LogP contribution in [0.3, 0.4) is 0 Å². The van der Waals surface area contributed by atoms with Gasteiger partial charge in [-0.15, -0.1) is 0 Å². The van der Waals surface area contributed by atoms with Gasteiger partial charge in [-0.05, 0) is 19.3 Å². The van der Waals surface area contributed by atoms with E-state index in [2.05, 4.69) is 17.6 Å². The summed E-state index contributed by atoms with van der Waals surface area (Å²) in [5.74, 6) is 0. The van der Waals surface area contributed by atoms with Crippen LogP contribution in [0.1, 0.15) is 32.6 Å². The zero-order valence-corrected chi connectivity index (χ0v) is 8.55. The van der Waals surface area contributed by atoms with E-state index in [1.165, 1.54) is 19.3 Å². The van der Waals surface area contributed by atoms with Gasteiger partial charge in [0.15, 0.2) is 0 Å². The first kappa shape index (κ1) is 11.0. The number of hydrogen-bond acceptors (Lipinski definition) is 3. The molecular formula is C10H22N2O. The minimum absolute atomic E-state index is 0.250. The summed E-state index contributed by atoms with van der Waals surface area (Å²) in [6, 6.07) is 1.05. The topological polar surface area (TPSA) is 44.3 Å². The quantitative estimate of drug-likeness (QED) is 0.507. The Kier molecular flexibility index (Phi) is 5.35. The van der Waals surface area contributed by atoms with Gasteiger partial charge in [-0.25, -0.2) is 0 Å². The standard InChI is InChI=1S/C10H22N2O/c1-2-9(8-13)11-6-7-12-10-4-3-5-10/h9-13H,2-8H2,1H3. The van der Waals surface area contributed by atoms with Crippen molar-refractivity contribution in [2.24, 2.45) is 0 Å². The van der Waals surface area contributed by atoms with Crippen molar-refractivity contribution in [2.45, 2.75) is 44.7 Å². The van der Waals surface area contributed by atoms with Crippen molar-refractivity contribution in [3.8, 4) is 0 Å². The van der Waals surface area contributed by atoms with Gasteiger partial charge in [0.2, 0.25) is 0 Å². The number of nitrogens with one attached hydrogen (secondary N) is 2. The fraction of sp³-hybridized carbons (Fsp3) is 1.00. The Labute approximate surface area is 80.9 Å². The SMILES string of the molecule is CCC(CO)NCCNC1CCC1. The summed E-state index contributed by atoms with van der Waals surface area (Å²) in [6.07, 6.45) is 5.08. The van der Waals surface area contributed by atoms with Crippen molar-refractivity contribution in [3.05, 3.63) is 0 Å².